The molecule has 1 N–H and O–H groups in total. The minimum absolute atomic E-state index is 0.0420. The number of unbranched alkanes of at least 4 members (excludes halogenated alkanes) is 1. The van der Waals surface area contributed by atoms with E-state index in [-0.39, 0.29) is 30.0 Å². The maximum atomic E-state index is 12.5. The molecule has 32 heavy (non-hydrogen) atoms. The summed E-state index contributed by atoms with van der Waals surface area (Å²) < 4.78 is 10.8. The number of nitrogens with zero attached hydrogens (tertiary/aromatic N) is 4. The maximum absolute atomic E-state index is 12.5. The van der Waals surface area contributed by atoms with E-state index in [0.29, 0.717) is 32.1 Å². The highest BCUT2D eigenvalue weighted by Gasteiger charge is 2.21. The lowest BCUT2D eigenvalue weighted by Gasteiger charge is -2.34. The van der Waals surface area contributed by atoms with Gasteiger partial charge in [-0.05, 0) is 30.7 Å². The second kappa shape index (κ2) is 12.3. The Hall–Kier alpha value is -2.78. The summed E-state index contributed by atoms with van der Waals surface area (Å²) in [7, 11) is 1.69. The first-order chi connectivity index (χ1) is 15.6. The highest BCUT2D eigenvalue weighted by Crippen LogP contribution is 2.18. The van der Waals surface area contributed by atoms with Gasteiger partial charge in [0.2, 0.25) is 5.91 Å². The van der Waals surface area contributed by atoms with Crippen molar-refractivity contribution in [2.24, 2.45) is 0 Å². The molecule has 0 spiro atoms. The number of aromatic amines is 1. The van der Waals surface area contributed by atoms with Crippen LogP contribution in [0.1, 0.15) is 31.9 Å². The van der Waals surface area contributed by atoms with Crippen molar-refractivity contribution in [2.75, 3.05) is 53.0 Å². The van der Waals surface area contributed by atoms with Gasteiger partial charge in [-0.15, -0.1) is 10.2 Å². The van der Waals surface area contributed by atoms with E-state index in [1.54, 1.807) is 7.11 Å². The number of rotatable bonds is 11. The predicted octanol–water partition coefficient (Wildman–Crippen LogP) is 1.73. The van der Waals surface area contributed by atoms with Crippen LogP contribution in [0.5, 0.6) is 5.75 Å². The molecule has 0 radical (unpaired) electrons. The summed E-state index contributed by atoms with van der Waals surface area (Å²) in [4.78, 5) is 31.9. The molecule has 0 bridgehead atoms. The lowest BCUT2D eigenvalue weighted by atomic mass is 10.2. The third kappa shape index (κ3) is 6.86. The molecule has 3 rings (SSSR count). The van der Waals surface area contributed by atoms with Gasteiger partial charge in [-0.1, -0.05) is 13.3 Å². The molecule has 1 fully saturated rings. The Labute approximate surface area is 188 Å². The summed E-state index contributed by atoms with van der Waals surface area (Å²) in [5, 5.41) is 8.24. The number of piperazine rings is 1. The Morgan fingerprint density at radius 1 is 1.09 bits per heavy atom. The number of hydrogen-bond acceptors (Lipinski definition) is 7. The molecule has 174 valence electrons. The molecule has 1 aliphatic heterocycles. The summed E-state index contributed by atoms with van der Waals surface area (Å²) in [6.45, 7) is 7.45. The Morgan fingerprint density at radius 2 is 1.84 bits per heavy atom. The molecule has 2 heterocycles. The van der Waals surface area contributed by atoms with Crippen molar-refractivity contribution < 1.29 is 14.3 Å². The van der Waals surface area contributed by atoms with Gasteiger partial charge >= 0.3 is 0 Å². The third-order valence-electron chi connectivity index (χ3n) is 5.57. The van der Waals surface area contributed by atoms with Crippen molar-refractivity contribution in [2.45, 2.75) is 32.6 Å². The van der Waals surface area contributed by atoms with Gasteiger partial charge < -0.3 is 19.4 Å². The van der Waals surface area contributed by atoms with Crippen molar-refractivity contribution in [3.05, 3.63) is 40.3 Å². The zero-order chi connectivity index (χ0) is 22.8. The van der Waals surface area contributed by atoms with E-state index in [1.807, 2.05) is 29.2 Å². The van der Waals surface area contributed by atoms with Crippen molar-refractivity contribution in [3.63, 3.8) is 0 Å². The quantitative estimate of drug-likeness (QED) is 0.528. The first-order valence-corrected chi connectivity index (χ1v) is 11.3. The molecule has 1 saturated heterocycles. The zero-order valence-corrected chi connectivity index (χ0v) is 19.0. The number of hydrogen-bond donors (Lipinski definition) is 1. The fourth-order valence-electron chi connectivity index (χ4n) is 3.52. The summed E-state index contributed by atoms with van der Waals surface area (Å²) in [5.41, 5.74) is 0.724. The highest BCUT2D eigenvalue weighted by atomic mass is 16.5. The minimum Gasteiger partial charge on any atom is -0.494 e. The van der Waals surface area contributed by atoms with E-state index in [4.69, 9.17) is 9.47 Å². The first kappa shape index (κ1) is 23.9. The molecule has 1 aliphatic rings. The van der Waals surface area contributed by atoms with Gasteiger partial charge in [-0.3, -0.25) is 14.5 Å². The lowest BCUT2D eigenvalue weighted by Crippen LogP contribution is -2.49. The molecular weight excluding hydrogens is 410 g/mol. The molecule has 9 nitrogen and oxygen atoms in total. The standard InChI is InChI=1S/C23H33N5O4/c1-3-4-16-32-19-7-5-18(6-8-19)22-24-23(30)20(25-26-22)9-10-21(29)28-13-11-27(12-14-28)15-17-31-2/h5-8H,3-4,9-17H2,1-2H3,(H,24,26,30). The number of methoxy groups -OCH3 is 1. The average Bonchev–Trinajstić information content (AvgIpc) is 2.82. The van der Waals surface area contributed by atoms with Crippen LogP contribution in [0.2, 0.25) is 0 Å². The van der Waals surface area contributed by atoms with Crippen LogP contribution < -0.4 is 10.3 Å². The second-order valence-corrected chi connectivity index (χ2v) is 7.89. The fourth-order valence-corrected chi connectivity index (χ4v) is 3.52. The van der Waals surface area contributed by atoms with E-state index in [1.165, 1.54) is 0 Å². The summed E-state index contributed by atoms with van der Waals surface area (Å²) in [6.07, 6.45) is 2.61. The topological polar surface area (TPSA) is 101 Å². The molecule has 0 unspecified atom stereocenters. The summed E-state index contributed by atoms with van der Waals surface area (Å²) >= 11 is 0. The molecule has 1 aromatic carbocycles. The van der Waals surface area contributed by atoms with Crippen LogP contribution in [0.15, 0.2) is 29.1 Å². The molecule has 9 heteroatoms. The second-order valence-electron chi connectivity index (χ2n) is 7.89. The maximum Gasteiger partial charge on any atom is 0.273 e. The number of amides is 1. The number of aryl methyl sites for hydroxylation is 1. The third-order valence-corrected chi connectivity index (χ3v) is 5.57. The Morgan fingerprint density at radius 3 is 2.50 bits per heavy atom. The Balaban J connectivity index is 1.50. The van der Waals surface area contributed by atoms with E-state index < -0.39 is 0 Å². The van der Waals surface area contributed by atoms with Crippen molar-refractivity contribution in [1.82, 2.24) is 25.0 Å². The molecule has 2 aromatic rings. The molecule has 1 amide bonds. The van der Waals surface area contributed by atoms with Crippen LogP contribution >= 0.6 is 0 Å². The highest BCUT2D eigenvalue weighted by molar-refractivity contribution is 5.76. The number of ether oxygens (including phenoxy) is 2. The van der Waals surface area contributed by atoms with Gasteiger partial charge in [0.25, 0.3) is 5.56 Å². The van der Waals surface area contributed by atoms with Crippen molar-refractivity contribution in [1.29, 1.82) is 0 Å². The number of nitrogens with one attached hydrogen (secondary N) is 1. The first-order valence-electron chi connectivity index (χ1n) is 11.3. The predicted molar refractivity (Wildman–Crippen MR) is 122 cm³/mol. The van der Waals surface area contributed by atoms with Crippen LogP contribution in [0.3, 0.4) is 0 Å². The molecule has 1 aromatic heterocycles. The van der Waals surface area contributed by atoms with Gasteiger partial charge in [0.15, 0.2) is 5.82 Å². The molecule has 0 saturated carbocycles. The summed E-state index contributed by atoms with van der Waals surface area (Å²) in [5.74, 6) is 1.23. The molecule has 0 aliphatic carbocycles. The SMILES string of the molecule is CCCCOc1ccc(-c2nnc(CCC(=O)N3CCN(CCOC)CC3)c(=O)[nH]2)cc1. The monoisotopic (exact) mass is 443 g/mol. The van der Waals surface area contributed by atoms with E-state index in [2.05, 4.69) is 27.0 Å². The largest absolute Gasteiger partial charge is 0.494 e. The smallest absolute Gasteiger partial charge is 0.273 e. The van der Waals surface area contributed by atoms with Gasteiger partial charge in [-0.25, -0.2) is 0 Å². The van der Waals surface area contributed by atoms with Gasteiger partial charge in [0.05, 0.1) is 13.2 Å². The zero-order valence-electron chi connectivity index (χ0n) is 19.0. The fraction of sp³-hybridized carbons (Fsp3) is 0.565. The summed E-state index contributed by atoms with van der Waals surface area (Å²) in [6, 6.07) is 7.40. The van der Waals surface area contributed by atoms with Crippen LogP contribution in [-0.4, -0.2) is 83.9 Å². The average molecular weight is 444 g/mol. The number of aromatic nitrogens is 3. The van der Waals surface area contributed by atoms with E-state index >= 15 is 0 Å². The van der Waals surface area contributed by atoms with Crippen LogP contribution in [0, 0.1) is 0 Å². The van der Waals surface area contributed by atoms with Gasteiger partial charge in [-0.2, -0.15) is 0 Å². The number of H-pyrrole nitrogens is 1. The Kier molecular flexibility index (Phi) is 9.18. The molecule has 0 atom stereocenters. The van der Waals surface area contributed by atoms with E-state index in [9.17, 15) is 9.59 Å². The van der Waals surface area contributed by atoms with Crippen LogP contribution in [0.25, 0.3) is 11.4 Å². The van der Waals surface area contributed by atoms with Gasteiger partial charge in [0, 0.05) is 58.2 Å². The lowest BCUT2D eigenvalue weighted by molar-refractivity contribution is -0.133. The van der Waals surface area contributed by atoms with Crippen molar-refractivity contribution in [3.8, 4) is 17.1 Å². The number of carbonyl (C=O) groups excluding carboxylic acids is 1. The van der Waals surface area contributed by atoms with E-state index in [0.717, 1.165) is 43.8 Å². The number of carbonyl (C=O) groups is 1. The van der Waals surface area contributed by atoms with Crippen LogP contribution in [-0.2, 0) is 16.0 Å². The minimum atomic E-state index is -0.310. The van der Waals surface area contributed by atoms with Crippen molar-refractivity contribution >= 4 is 5.91 Å². The molecular formula is C23H33N5O4. The normalized spacial score (nSPS) is 14.5. The van der Waals surface area contributed by atoms with Gasteiger partial charge in [0.1, 0.15) is 11.4 Å². The van der Waals surface area contributed by atoms with Crippen LogP contribution in [0.4, 0.5) is 0 Å². The number of benzene rings is 1. The Bertz CT molecular complexity index is 907.